The summed E-state index contributed by atoms with van der Waals surface area (Å²) in [6, 6.07) is 73.2. The summed E-state index contributed by atoms with van der Waals surface area (Å²) in [6.07, 6.45) is 1.02. The summed E-state index contributed by atoms with van der Waals surface area (Å²) in [7, 11) is 0. The van der Waals surface area contributed by atoms with E-state index in [1.54, 1.807) is 0 Å². The van der Waals surface area contributed by atoms with Gasteiger partial charge in [-0.25, -0.2) is 0 Å². The monoisotopic (exact) mass is 696 g/mol. The van der Waals surface area contributed by atoms with Gasteiger partial charge in [0.1, 0.15) is 0 Å². The second kappa shape index (κ2) is 11.9. The Kier molecular flexibility index (Phi) is 6.62. The van der Waals surface area contributed by atoms with Gasteiger partial charge in [0, 0.05) is 11.8 Å². The van der Waals surface area contributed by atoms with E-state index in [1.807, 2.05) is 0 Å². The normalized spacial score (nSPS) is 15.6. The van der Waals surface area contributed by atoms with Gasteiger partial charge in [0.15, 0.2) is 0 Å². The highest BCUT2D eigenvalue weighted by Crippen LogP contribution is 2.52. The molecule has 0 aliphatic heterocycles. The van der Waals surface area contributed by atoms with Crippen molar-refractivity contribution in [3.63, 3.8) is 0 Å². The van der Waals surface area contributed by atoms with E-state index in [2.05, 4.69) is 194 Å². The Bertz CT molecular complexity index is 3020. The van der Waals surface area contributed by atoms with Crippen LogP contribution in [0.5, 0.6) is 0 Å². The van der Waals surface area contributed by atoms with E-state index in [9.17, 15) is 0 Å². The van der Waals surface area contributed by atoms with Crippen molar-refractivity contribution >= 4 is 10.8 Å². The average Bonchev–Trinajstić information content (AvgIpc) is 3.90. The molecule has 0 radical (unpaired) electrons. The average molecular weight is 697 g/mol. The predicted octanol–water partition coefficient (Wildman–Crippen LogP) is 14.1. The van der Waals surface area contributed by atoms with E-state index in [0.29, 0.717) is 0 Å². The summed E-state index contributed by atoms with van der Waals surface area (Å²) < 4.78 is 0. The molecule has 0 spiro atoms. The Morgan fingerprint density at radius 3 is 1.71 bits per heavy atom. The Balaban J connectivity index is 0.959. The van der Waals surface area contributed by atoms with Crippen LogP contribution in [0.2, 0.25) is 0 Å². The highest BCUT2D eigenvalue weighted by molar-refractivity contribution is 5.94. The van der Waals surface area contributed by atoms with Crippen LogP contribution in [-0.4, -0.2) is 0 Å². The van der Waals surface area contributed by atoms with Gasteiger partial charge in [-0.15, -0.1) is 0 Å². The fourth-order valence-corrected chi connectivity index (χ4v) is 10.2. The Hall–Kier alpha value is -6.76. The third-order valence-electron chi connectivity index (χ3n) is 12.7. The molecule has 0 nitrogen and oxygen atoms in total. The molecule has 0 heterocycles. The van der Waals surface area contributed by atoms with E-state index >= 15 is 0 Å². The minimum atomic E-state index is 0.148. The molecule has 0 bridgehead atoms. The molecule has 2 unspecified atom stereocenters. The number of hydrogen-bond acceptors (Lipinski definition) is 0. The number of benzene rings is 9. The number of hydrogen-bond donors (Lipinski definition) is 0. The van der Waals surface area contributed by atoms with Gasteiger partial charge in [0.25, 0.3) is 0 Å². The van der Waals surface area contributed by atoms with Crippen LogP contribution < -0.4 is 0 Å². The van der Waals surface area contributed by atoms with Gasteiger partial charge < -0.3 is 0 Å². The van der Waals surface area contributed by atoms with Crippen LogP contribution in [0.25, 0.3) is 66.4 Å². The van der Waals surface area contributed by atoms with Crippen molar-refractivity contribution in [2.24, 2.45) is 0 Å². The van der Waals surface area contributed by atoms with Crippen molar-refractivity contribution in [1.29, 1.82) is 0 Å². The van der Waals surface area contributed by atoms with Crippen LogP contribution in [-0.2, 0) is 6.42 Å². The molecule has 3 aliphatic rings. The lowest BCUT2D eigenvalue weighted by Gasteiger charge is -2.19. The molecule has 0 N–H and O–H groups in total. The van der Waals surface area contributed by atoms with Crippen LogP contribution in [0.15, 0.2) is 194 Å². The Morgan fingerprint density at radius 1 is 0.291 bits per heavy atom. The first-order valence-corrected chi connectivity index (χ1v) is 19.5. The van der Waals surface area contributed by atoms with E-state index in [1.165, 1.54) is 111 Å². The van der Waals surface area contributed by atoms with Gasteiger partial charge in [-0.05, 0) is 142 Å². The van der Waals surface area contributed by atoms with E-state index in [4.69, 9.17) is 0 Å². The second-order valence-corrected chi connectivity index (χ2v) is 15.5. The molecule has 0 fully saturated rings. The van der Waals surface area contributed by atoms with E-state index in [0.717, 1.165) is 6.42 Å². The highest BCUT2D eigenvalue weighted by Gasteiger charge is 2.33. The highest BCUT2D eigenvalue weighted by atomic mass is 14.4. The minimum Gasteiger partial charge on any atom is -0.0622 e. The lowest BCUT2D eigenvalue weighted by Crippen LogP contribution is -2.01. The van der Waals surface area contributed by atoms with E-state index < -0.39 is 0 Å². The molecule has 256 valence electrons. The van der Waals surface area contributed by atoms with Crippen LogP contribution in [0.3, 0.4) is 0 Å². The molecule has 0 amide bonds. The SMILES string of the molecule is c1ccc(C2c3ccccc3-c3cc(-c4ccc5c(c4)C(c4cccc6cc(-c7ccc8c(c7)-c7ccccc7C8)ccc46)c4ccccc4-5)ccc32)cc1. The van der Waals surface area contributed by atoms with Crippen molar-refractivity contribution < 1.29 is 0 Å². The molecule has 3 aliphatic carbocycles. The van der Waals surface area contributed by atoms with Gasteiger partial charge in [0.05, 0.1) is 0 Å². The second-order valence-electron chi connectivity index (χ2n) is 15.5. The first kappa shape index (κ1) is 30.7. The summed E-state index contributed by atoms with van der Waals surface area (Å²) in [6.45, 7) is 0. The molecule has 9 aromatic carbocycles. The van der Waals surface area contributed by atoms with Crippen LogP contribution in [0, 0.1) is 0 Å². The summed E-state index contributed by atoms with van der Waals surface area (Å²) in [5.41, 5.74) is 24.3. The molecule has 0 aromatic heterocycles. The number of fused-ring (bicyclic) bond motifs is 10. The summed E-state index contributed by atoms with van der Waals surface area (Å²) in [4.78, 5) is 0. The first-order chi connectivity index (χ1) is 27.3. The van der Waals surface area contributed by atoms with E-state index in [-0.39, 0.29) is 11.8 Å². The van der Waals surface area contributed by atoms with Gasteiger partial charge in [-0.1, -0.05) is 170 Å². The van der Waals surface area contributed by atoms with Crippen molar-refractivity contribution in [3.8, 4) is 55.6 Å². The van der Waals surface area contributed by atoms with Crippen molar-refractivity contribution in [2.75, 3.05) is 0 Å². The summed E-state index contributed by atoms with van der Waals surface area (Å²) >= 11 is 0. The van der Waals surface area contributed by atoms with Crippen LogP contribution in [0.1, 0.15) is 56.3 Å². The molecule has 55 heavy (non-hydrogen) atoms. The van der Waals surface area contributed by atoms with Gasteiger partial charge in [0.2, 0.25) is 0 Å². The van der Waals surface area contributed by atoms with Gasteiger partial charge in [-0.3, -0.25) is 0 Å². The Morgan fingerprint density at radius 2 is 0.855 bits per heavy atom. The van der Waals surface area contributed by atoms with Crippen LogP contribution >= 0.6 is 0 Å². The quantitative estimate of drug-likeness (QED) is 0.172. The third-order valence-corrected chi connectivity index (χ3v) is 12.7. The molecule has 0 heteroatoms. The van der Waals surface area contributed by atoms with Crippen molar-refractivity contribution in [1.82, 2.24) is 0 Å². The largest absolute Gasteiger partial charge is 0.0622 e. The van der Waals surface area contributed by atoms with Crippen molar-refractivity contribution in [3.05, 3.63) is 239 Å². The number of rotatable bonds is 4. The summed E-state index contributed by atoms with van der Waals surface area (Å²) in [5, 5.41) is 2.60. The lowest BCUT2D eigenvalue weighted by atomic mass is 9.84. The van der Waals surface area contributed by atoms with Crippen LogP contribution in [0.4, 0.5) is 0 Å². The molecule has 2 atom stereocenters. The predicted molar refractivity (Wildman–Crippen MR) is 229 cm³/mol. The zero-order valence-corrected chi connectivity index (χ0v) is 30.3. The van der Waals surface area contributed by atoms with Gasteiger partial charge >= 0.3 is 0 Å². The lowest BCUT2D eigenvalue weighted by molar-refractivity contribution is 1.01. The topological polar surface area (TPSA) is 0 Å². The molecular formula is C55H36. The fourth-order valence-electron chi connectivity index (χ4n) is 10.2. The zero-order chi connectivity index (χ0) is 36.0. The molecule has 0 saturated heterocycles. The fraction of sp³-hybridized carbons (Fsp3) is 0.0545. The van der Waals surface area contributed by atoms with Gasteiger partial charge in [-0.2, -0.15) is 0 Å². The smallest absolute Gasteiger partial charge is 0.0358 e. The third kappa shape index (κ3) is 4.65. The molecule has 9 aromatic rings. The maximum Gasteiger partial charge on any atom is 0.0358 e. The maximum atomic E-state index is 2.48. The molecule has 12 rings (SSSR count). The standard InChI is InChI=1S/C55H36/c1-2-11-34(12-3-1)54-48-18-8-7-17-45(48)52-32-37(25-28-50(52)54)38-24-27-46-44-16-6-9-19-49(44)55(53(46)33-38)47-20-10-14-40-29-35(23-26-43(40)47)36-21-22-41-30-39-13-4-5-15-42(39)51(41)31-36/h1-29,31-33,54-55H,30H2. The minimum absolute atomic E-state index is 0.148. The first-order valence-electron chi connectivity index (χ1n) is 19.5. The van der Waals surface area contributed by atoms with Crippen molar-refractivity contribution in [2.45, 2.75) is 18.3 Å². The molecular weight excluding hydrogens is 661 g/mol. The zero-order valence-electron chi connectivity index (χ0n) is 30.3. The molecule has 0 saturated carbocycles. The Labute approximate surface area is 322 Å². The summed E-state index contributed by atoms with van der Waals surface area (Å²) in [5.74, 6) is 0.404. The maximum absolute atomic E-state index is 2.48.